The molecule has 6 rings (SSSR count). The lowest BCUT2D eigenvalue weighted by Gasteiger charge is -2.17. The Labute approximate surface area is 183 Å². The van der Waals surface area contributed by atoms with E-state index in [1.54, 1.807) is 23.1 Å². The van der Waals surface area contributed by atoms with Crippen molar-refractivity contribution < 1.29 is 4.79 Å². The van der Waals surface area contributed by atoms with E-state index in [0.717, 1.165) is 45.9 Å². The first kappa shape index (κ1) is 18.6. The fraction of sp³-hybridized carbons (Fsp3) is 0.455. The van der Waals surface area contributed by atoms with Gasteiger partial charge in [0.2, 0.25) is 5.91 Å². The van der Waals surface area contributed by atoms with Crippen LogP contribution >= 0.6 is 23.1 Å². The van der Waals surface area contributed by atoms with Gasteiger partial charge in [-0.15, -0.1) is 21.5 Å². The van der Waals surface area contributed by atoms with Crippen LogP contribution in [0.5, 0.6) is 0 Å². The molecule has 0 saturated heterocycles. The molecule has 0 unspecified atom stereocenters. The first-order chi connectivity index (χ1) is 14.7. The highest BCUT2D eigenvalue weighted by Crippen LogP contribution is 2.46. The molecule has 1 aromatic carbocycles. The average Bonchev–Trinajstić information content (AvgIpc) is 3.65. The van der Waals surface area contributed by atoms with E-state index >= 15 is 0 Å². The molecule has 30 heavy (non-hydrogen) atoms. The van der Waals surface area contributed by atoms with Gasteiger partial charge in [-0.05, 0) is 56.7 Å². The molecule has 0 spiro atoms. The number of thioether (sulfide) groups is 1. The zero-order valence-electron chi connectivity index (χ0n) is 16.9. The minimum Gasteiger partial charge on any atom is -0.311 e. The minimum atomic E-state index is 0.148. The van der Waals surface area contributed by atoms with Crippen LogP contribution in [0.15, 0.2) is 28.7 Å². The zero-order valence-corrected chi connectivity index (χ0v) is 18.5. The van der Waals surface area contributed by atoms with Crippen molar-refractivity contribution >= 4 is 34.7 Å². The number of thiazole rings is 1. The third kappa shape index (κ3) is 3.36. The molecule has 1 amide bonds. The monoisotopic (exact) mass is 437 g/mol. The largest absolute Gasteiger partial charge is 0.311 e. The summed E-state index contributed by atoms with van der Waals surface area (Å²) in [4.78, 5) is 19.5. The van der Waals surface area contributed by atoms with Gasteiger partial charge >= 0.3 is 0 Å². The summed E-state index contributed by atoms with van der Waals surface area (Å²) >= 11 is 3.21. The quantitative estimate of drug-likeness (QED) is 0.527. The van der Waals surface area contributed by atoms with Gasteiger partial charge in [-0.3, -0.25) is 4.79 Å². The fourth-order valence-corrected chi connectivity index (χ4v) is 5.71. The summed E-state index contributed by atoms with van der Waals surface area (Å²) in [6.07, 6.45) is 5.76. The van der Waals surface area contributed by atoms with Crippen LogP contribution in [0, 0.1) is 6.92 Å². The summed E-state index contributed by atoms with van der Waals surface area (Å²) in [5, 5.41) is 13.0. The molecule has 1 aliphatic heterocycles. The number of nitrogens with zero attached hydrogens (tertiary/aromatic N) is 5. The third-order valence-corrected chi connectivity index (χ3v) is 7.76. The molecule has 3 aromatic rings. The minimum absolute atomic E-state index is 0.148. The van der Waals surface area contributed by atoms with Crippen molar-refractivity contribution in [2.75, 3.05) is 17.2 Å². The molecule has 8 heteroatoms. The van der Waals surface area contributed by atoms with E-state index in [1.807, 2.05) is 11.8 Å². The Morgan fingerprint density at radius 1 is 1.23 bits per heavy atom. The lowest BCUT2D eigenvalue weighted by molar-refractivity contribution is -0.116. The standard InChI is InChI=1S/C22H23N5OS2/c1-13-23-18(11-29-13)15-4-7-19-16(10-15)8-9-26(19)20(28)12-30-22-25-24-21(14-2-3-14)27(22)17-5-6-17/h4,7,10-11,14,17H,2-3,5-6,8-9,12H2,1H3. The molecule has 0 atom stereocenters. The fourth-order valence-electron chi connectivity index (χ4n) is 4.20. The lowest BCUT2D eigenvalue weighted by atomic mass is 10.1. The van der Waals surface area contributed by atoms with Gasteiger partial charge in [0.1, 0.15) is 5.82 Å². The Morgan fingerprint density at radius 3 is 2.83 bits per heavy atom. The molecule has 2 aliphatic carbocycles. The van der Waals surface area contributed by atoms with Gasteiger partial charge in [0.15, 0.2) is 5.16 Å². The Balaban J connectivity index is 1.17. The van der Waals surface area contributed by atoms with Crippen molar-refractivity contribution in [1.82, 2.24) is 19.7 Å². The molecule has 3 aliphatic rings. The molecular weight excluding hydrogens is 414 g/mol. The number of fused-ring (bicyclic) bond motifs is 1. The van der Waals surface area contributed by atoms with Crippen molar-refractivity contribution in [2.45, 2.75) is 56.1 Å². The Morgan fingerprint density at radius 2 is 2.10 bits per heavy atom. The molecule has 0 N–H and O–H groups in total. The van der Waals surface area contributed by atoms with E-state index in [2.05, 4.69) is 43.3 Å². The van der Waals surface area contributed by atoms with E-state index in [1.165, 1.54) is 31.2 Å². The van der Waals surface area contributed by atoms with Gasteiger partial charge in [-0.1, -0.05) is 17.8 Å². The van der Waals surface area contributed by atoms with E-state index in [0.29, 0.717) is 17.7 Å². The molecule has 2 fully saturated rings. The highest BCUT2D eigenvalue weighted by molar-refractivity contribution is 7.99. The topological polar surface area (TPSA) is 63.9 Å². The van der Waals surface area contributed by atoms with Gasteiger partial charge in [0.05, 0.1) is 16.5 Å². The van der Waals surface area contributed by atoms with Crippen molar-refractivity contribution in [3.63, 3.8) is 0 Å². The highest BCUT2D eigenvalue weighted by atomic mass is 32.2. The van der Waals surface area contributed by atoms with Gasteiger partial charge < -0.3 is 9.47 Å². The predicted molar refractivity (Wildman–Crippen MR) is 119 cm³/mol. The van der Waals surface area contributed by atoms with E-state index in [9.17, 15) is 4.79 Å². The van der Waals surface area contributed by atoms with Gasteiger partial charge in [-0.25, -0.2) is 4.98 Å². The van der Waals surface area contributed by atoms with Crippen molar-refractivity contribution in [2.24, 2.45) is 0 Å². The van der Waals surface area contributed by atoms with Gasteiger partial charge in [-0.2, -0.15) is 0 Å². The number of carbonyl (C=O) groups excluding carboxylic acids is 1. The van der Waals surface area contributed by atoms with E-state index in [4.69, 9.17) is 0 Å². The summed E-state index contributed by atoms with van der Waals surface area (Å²) in [6, 6.07) is 6.90. The summed E-state index contributed by atoms with van der Waals surface area (Å²) < 4.78 is 2.32. The molecule has 3 heterocycles. The number of aryl methyl sites for hydroxylation is 1. The van der Waals surface area contributed by atoms with E-state index < -0.39 is 0 Å². The highest BCUT2D eigenvalue weighted by Gasteiger charge is 2.36. The molecule has 0 bridgehead atoms. The van der Waals surface area contributed by atoms with Crippen LogP contribution in [0.25, 0.3) is 11.3 Å². The first-order valence-corrected chi connectivity index (χ1v) is 12.5. The van der Waals surface area contributed by atoms with Crippen molar-refractivity contribution in [1.29, 1.82) is 0 Å². The number of amides is 1. The molecule has 0 radical (unpaired) electrons. The third-order valence-electron chi connectivity index (χ3n) is 6.06. The van der Waals surface area contributed by atoms with Gasteiger partial charge in [0.25, 0.3) is 0 Å². The summed E-state index contributed by atoms with van der Waals surface area (Å²) in [5.41, 5.74) is 4.42. The normalized spacial score (nSPS) is 18.1. The first-order valence-electron chi connectivity index (χ1n) is 10.6. The van der Waals surface area contributed by atoms with Crippen LogP contribution in [0.4, 0.5) is 5.69 Å². The van der Waals surface area contributed by atoms with Crippen LogP contribution in [0.1, 0.15) is 54.0 Å². The molecule has 2 aromatic heterocycles. The van der Waals surface area contributed by atoms with Crippen LogP contribution in [-0.4, -0.2) is 38.0 Å². The Hall–Kier alpha value is -2.19. The Bertz CT molecular complexity index is 1130. The molecule has 2 saturated carbocycles. The summed E-state index contributed by atoms with van der Waals surface area (Å²) in [7, 11) is 0. The predicted octanol–water partition coefficient (Wildman–Crippen LogP) is 4.60. The van der Waals surface area contributed by atoms with Crippen molar-refractivity contribution in [3.8, 4) is 11.3 Å². The number of rotatable bonds is 6. The maximum absolute atomic E-state index is 13.0. The number of hydrogen-bond acceptors (Lipinski definition) is 6. The zero-order chi connectivity index (χ0) is 20.2. The molecule has 154 valence electrons. The van der Waals surface area contributed by atoms with Crippen molar-refractivity contribution in [3.05, 3.63) is 40.0 Å². The number of benzene rings is 1. The van der Waals surface area contributed by atoms with Crippen LogP contribution in [0.2, 0.25) is 0 Å². The molecular formula is C22H23N5OS2. The second kappa shape index (κ2) is 7.20. The Kier molecular flexibility index (Phi) is 4.46. The average molecular weight is 438 g/mol. The lowest BCUT2D eigenvalue weighted by Crippen LogP contribution is -2.30. The number of carbonyl (C=O) groups is 1. The summed E-state index contributed by atoms with van der Waals surface area (Å²) in [5.74, 6) is 2.28. The molecule has 6 nitrogen and oxygen atoms in total. The maximum atomic E-state index is 13.0. The smallest absolute Gasteiger partial charge is 0.237 e. The summed E-state index contributed by atoms with van der Waals surface area (Å²) in [6.45, 7) is 2.77. The van der Waals surface area contributed by atoms with Crippen LogP contribution < -0.4 is 4.90 Å². The maximum Gasteiger partial charge on any atom is 0.237 e. The van der Waals surface area contributed by atoms with Crippen LogP contribution in [0.3, 0.4) is 0 Å². The van der Waals surface area contributed by atoms with E-state index in [-0.39, 0.29) is 5.91 Å². The van der Waals surface area contributed by atoms with Crippen LogP contribution in [-0.2, 0) is 11.2 Å². The number of hydrogen-bond donors (Lipinski definition) is 0. The number of anilines is 1. The number of aromatic nitrogens is 4. The second-order valence-corrected chi connectivity index (χ2v) is 10.4. The SMILES string of the molecule is Cc1nc(-c2ccc3c(c2)CCN3C(=O)CSc2nnc(C3CC3)n2C2CC2)cs1. The van der Waals surface area contributed by atoms with Gasteiger partial charge in [0, 0.05) is 35.1 Å². The second-order valence-electron chi connectivity index (χ2n) is 8.40.